The van der Waals surface area contributed by atoms with E-state index in [4.69, 9.17) is 10.5 Å². The number of rotatable bonds is 9. The standard InChI is InChI=1S/C20H29N5O2/c1-12(2)16(22-7)9-8-14(5)20(26)19(15(6)21)25-17-10-23-11-18(24-17)27-13(3)4/h8-11,13,22H,1,21H2,2-7H3,(H,24,25)/b14-8+,16-9+,19-15+. The number of Topliss-reactive ketones (excluding diaryl/α,β-unsaturated/α-hetero) is 1. The first-order valence-electron chi connectivity index (χ1n) is 8.64. The maximum Gasteiger partial charge on any atom is 0.234 e. The van der Waals surface area contributed by atoms with Crippen molar-refractivity contribution in [3.63, 3.8) is 0 Å². The summed E-state index contributed by atoms with van der Waals surface area (Å²) in [5.41, 5.74) is 8.74. The van der Waals surface area contributed by atoms with E-state index in [1.54, 1.807) is 33.0 Å². The van der Waals surface area contributed by atoms with Crippen molar-refractivity contribution >= 4 is 11.6 Å². The molecular formula is C20H29N5O2. The first-order chi connectivity index (χ1) is 12.6. The van der Waals surface area contributed by atoms with Crippen LogP contribution in [-0.4, -0.2) is 28.9 Å². The molecule has 7 nitrogen and oxygen atoms in total. The molecule has 0 aliphatic carbocycles. The van der Waals surface area contributed by atoms with Crippen LogP contribution in [0.4, 0.5) is 5.82 Å². The third-order valence-electron chi connectivity index (χ3n) is 3.43. The molecule has 146 valence electrons. The molecule has 1 aromatic heterocycles. The fourth-order valence-electron chi connectivity index (χ4n) is 2.09. The van der Waals surface area contributed by atoms with Gasteiger partial charge in [-0.1, -0.05) is 12.7 Å². The molecule has 0 radical (unpaired) electrons. The monoisotopic (exact) mass is 371 g/mol. The van der Waals surface area contributed by atoms with E-state index in [9.17, 15) is 4.79 Å². The van der Waals surface area contributed by atoms with Crippen LogP contribution in [0.5, 0.6) is 5.88 Å². The molecule has 0 atom stereocenters. The number of hydrogen-bond donors (Lipinski definition) is 3. The number of carbonyl (C=O) groups excluding carboxylic acids is 1. The first-order valence-corrected chi connectivity index (χ1v) is 8.64. The van der Waals surface area contributed by atoms with Crippen molar-refractivity contribution in [3.8, 4) is 5.88 Å². The summed E-state index contributed by atoms with van der Waals surface area (Å²) >= 11 is 0. The number of ketones is 1. The van der Waals surface area contributed by atoms with E-state index < -0.39 is 0 Å². The number of ether oxygens (including phenoxy) is 1. The van der Waals surface area contributed by atoms with Crippen molar-refractivity contribution in [2.24, 2.45) is 5.73 Å². The third-order valence-corrected chi connectivity index (χ3v) is 3.43. The quantitative estimate of drug-likeness (QED) is 0.453. The molecule has 0 amide bonds. The summed E-state index contributed by atoms with van der Waals surface area (Å²) in [5, 5.41) is 5.98. The molecule has 0 saturated carbocycles. The Bertz CT molecular complexity index is 787. The van der Waals surface area contributed by atoms with Crippen molar-refractivity contribution in [2.45, 2.75) is 40.7 Å². The lowest BCUT2D eigenvalue weighted by Gasteiger charge is -2.13. The maximum absolute atomic E-state index is 12.8. The van der Waals surface area contributed by atoms with Crippen molar-refractivity contribution in [3.05, 3.63) is 59.4 Å². The van der Waals surface area contributed by atoms with Crippen molar-refractivity contribution in [1.29, 1.82) is 0 Å². The van der Waals surface area contributed by atoms with Crippen molar-refractivity contribution in [2.75, 3.05) is 12.4 Å². The van der Waals surface area contributed by atoms with Crippen LogP contribution in [0, 0.1) is 0 Å². The summed E-state index contributed by atoms with van der Waals surface area (Å²) in [4.78, 5) is 21.2. The van der Waals surface area contributed by atoms with E-state index in [1.807, 2.05) is 20.8 Å². The van der Waals surface area contributed by atoms with Crippen LogP contribution in [0.25, 0.3) is 0 Å². The molecule has 4 N–H and O–H groups in total. The molecule has 0 fully saturated rings. The highest BCUT2D eigenvalue weighted by atomic mass is 16.5. The summed E-state index contributed by atoms with van der Waals surface area (Å²) in [5.74, 6) is 0.509. The van der Waals surface area contributed by atoms with Gasteiger partial charge in [-0.05, 0) is 51.8 Å². The molecule has 1 rings (SSSR count). The summed E-state index contributed by atoms with van der Waals surface area (Å²) in [6, 6.07) is 0. The fraction of sp³-hybridized carbons (Fsp3) is 0.350. The van der Waals surface area contributed by atoms with Gasteiger partial charge in [-0.2, -0.15) is 4.98 Å². The van der Waals surface area contributed by atoms with Gasteiger partial charge in [0.05, 0.1) is 18.5 Å². The molecule has 0 unspecified atom stereocenters. The number of anilines is 1. The van der Waals surface area contributed by atoms with Gasteiger partial charge in [-0.15, -0.1) is 0 Å². The van der Waals surface area contributed by atoms with E-state index in [2.05, 4.69) is 27.2 Å². The third kappa shape index (κ3) is 6.97. The van der Waals surface area contributed by atoms with Gasteiger partial charge in [0.25, 0.3) is 0 Å². The number of nitrogens with two attached hydrogens (primary N) is 1. The van der Waals surface area contributed by atoms with Gasteiger partial charge in [-0.25, -0.2) is 0 Å². The number of nitrogens with zero attached hydrogens (tertiary/aromatic N) is 2. The zero-order valence-corrected chi connectivity index (χ0v) is 16.9. The Balaban J connectivity index is 3.08. The van der Waals surface area contributed by atoms with E-state index in [-0.39, 0.29) is 17.6 Å². The van der Waals surface area contributed by atoms with Crippen LogP contribution in [0.3, 0.4) is 0 Å². The van der Waals surface area contributed by atoms with Crippen LogP contribution in [-0.2, 0) is 4.79 Å². The van der Waals surface area contributed by atoms with Gasteiger partial charge in [0, 0.05) is 18.4 Å². The second-order valence-corrected chi connectivity index (χ2v) is 6.38. The lowest BCUT2D eigenvalue weighted by molar-refractivity contribution is -0.112. The molecule has 7 heteroatoms. The highest BCUT2D eigenvalue weighted by Gasteiger charge is 2.15. The Hall–Kier alpha value is -3.09. The highest BCUT2D eigenvalue weighted by Crippen LogP contribution is 2.16. The molecule has 0 bridgehead atoms. The smallest absolute Gasteiger partial charge is 0.234 e. The van der Waals surface area contributed by atoms with Gasteiger partial charge in [0.2, 0.25) is 11.7 Å². The van der Waals surface area contributed by atoms with E-state index in [0.29, 0.717) is 23.0 Å². The summed E-state index contributed by atoms with van der Waals surface area (Å²) < 4.78 is 5.52. The van der Waals surface area contributed by atoms with Gasteiger partial charge >= 0.3 is 0 Å². The average molecular weight is 371 g/mol. The molecule has 0 spiro atoms. The lowest BCUT2D eigenvalue weighted by Crippen LogP contribution is -2.19. The Morgan fingerprint density at radius 1 is 1.26 bits per heavy atom. The molecule has 1 heterocycles. The molecule has 0 saturated heterocycles. The predicted molar refractivity (Wildman–Crippen MR) is 109 cm³/mol. The van der Waals surface area contributed by atoms with E-state index in [1.165, 1.54) is 12.4 Å². The number of likely N-dealkylation sites (N-methyl/N-ethyl adjacent to an activating group) is 1. The minimum atomic E-state index is -0.236. The molecule has 0 aliphatic heterocycles. The summed E-state index contributed by atoms with van der Waals surface area (Å²) in [6.07, 6.45) is 6.50. The largest absolute Gasteiger partial charge is 0.474 e. The Kier molecular flexibility index (Phi) is 8.26. The Labute approximate surface area is 161 Å². The second kappa shape index (κ2) is 10.2. The van der Waals surface area contributed by atoms with Crippen LogP contribution in [0.1, 0.15) is 34.6 Å². The zero-order valence-electron chi connectivity index (χ0n) is 16.9. The van der Waals surface area contributed by atoms with Crippen molar-refractivity contribution in [1.82, 2.24) is 15.3 Å². The fourth-order valence-corrected chi connectivity index (χ4v) is 2.09. The van der Waals surface area contributed by atoms with E-state index in [0.717, 1.165) is 11.3 Å². The van der Waals surface area contributed by atoms with Gasteiger partial charge in [0.1, 0.15) is 5.70 Å². The highest BCUT2D eigenvalue weighted by molar-refractivity contribution is 6.10. The average Bonchev–Trinajstić information content (AvgIpc) is 2.58. The van der Waals surface area contributed by atoms with Crippen LogP contribution in [0.2, 0.25) is 0 Å². The Morgan fingerprint density at radius 2 is 1.93 bits per heavy atom. The normalized spacial score (nSPS) is 13.1. The molecular weight excluding hydrogens is 342 g/mol. The summed E-state index contributed by atoms with van der Waals surface area (Å²) in [7, 11) is 1.80. The zero-order chi connectivity index (χ0) is 20.6. The molecule has 27 heavy (non-hydrogen) atoms. The van der Waals surface area contributed by atoms with Gasteiger partial charge < -0.3 is 21.1 Å². The van der Waals surface area contributed by atoms with E-state index >= 15 is 0 Å². The van der Waals surface area contributed by atoms with Crippen molar-refractivity contribution < 1.29 is 9.53 Å². The molecule has 0 aromatic carbocycles. The van der Waals surface area contributed by atoms with Gasteiger partial charge in [0.15, 0.2) is 5.82 Å². The van der Waals surface area contributed by atoms with Crippen LogP contribution >= 0.6 is 0 Å². The number of nitrogens with one attached hydrogen (secondary N) is 2. The number of hydrogen-bond acceptors (Lipinski definition) is 7. The van der Waals surface area contributed by atoms with Crippen LogP contribution in [0.15, 0.2) is 59.4 Å². The first kappa shape index (κ1) is 22.0. The second-order valence-electron chi connectivity index (χ2n) is 6.38. The minimum absolute atomic E-state index is 0.0332. The van der Waals surface area contributed by atoms with Gasteiger partial charge in [-0.3, -0.25) is 9.78 Å². The molecule has 1 aromatic rings. The number of aromatic nitrogens is 2. The summed E-state index contributed by atoms with van der Waals surface area (Å²) in [6.45, 7) is 12.9. The Morgan fingerprint density at radius 3 is 2.44 bits per heavy atom. The number of carbonyl (C=O) groups is 1. The predicted octanol–water partition coefficient (Wildman–Crippen LogP) is 3.06. The maximum atomic E-state index is 12.8. The topological polar surface area (TPSA) is 102 Å². The lowest BCUT2D eigenvalue weighted by atomic mass is 10.1. The van der Waals surface area contributed by atoms with Crippen LogP contribution < -0.4 is 21.1 Å². The minimum Gasteiger partial charge on any atom is -0.474 e. The SMILES string of the molecule is C=C(C)/C(=C\C=C(/C)C(=O)/C(Nc1cncc(OC(C)C)n1)=C(/C)N)NC. The molecule has 0 aliphatic rings. The number of allylic oxidation sites excluding steroid dienone is 5.